The van der Waals surface area contributed by atoms with Gasteiger partial charge in [-0.3, -0.25) is 9.88 Å². The molecule has 2 fully saturated rings. The summed E-state index contributed by atoms with van der Waals surface area (Å²) in [6.45, 7) is 8.97. The van der Waals surface area contributed by atoms with Gasteiger partial charge >= 0.3 is 0 Å². The topological polar surface area (TPSA) is 28.6 Å². The van der Waals surface area contributed by atoms with Crippen molar-refractivity contribution in [1.29, 1.82) is 0 Å². The number of morpholine rings is 1. The molecule has 2 aliphatic heterocycles. The number of hydrogen-bond acceptors (Lipinski definition) is 4. The van der Waals surface area contributed by atoms with E-state index < -0.39 is 0 Å². The van der Waals surface area contributed by atoms with Gasteiger partial charge in [0.25, 0.3) is 0 Å². The average Bonchev–Trinajstić information content (AvgIpc) is 2.95. The highest BCUT2D eigenvalue weighted by Crippen LogP contribution is 2.18. The van der Waals surface area contributed by atoms with E-state index in [1.807, 2.05) is 12.3 Å². The van der Waals surface area contributed by atoms with Crippen molar-refractivity contribution in [3.05, 3.63) is 30.1 Å². The minimum Gasteiger partial charge on any atom is -0.379 e. The summed E-state index contributed by atoms with van der Waals surface area (Å²) in [5, 5.41) is 0. The molecule has 4 nitrogen and oxygen atoms in total. The van der Waals surface area contributed by atoms with Crippen molar-refractivity contribution in [1.82, 2.24) is 14.8 Å². The summed E-state index contributed by atoms with van der Waals surface area (Å²) in [4.78, 5) is 9.57. The van der Waals surface area contributed by atoms with Crippen molar-refractivity contribution in [3.8, 4) is 0 Å². The van der Waals surface area contributed by atoms with Gasteiger partial charge in [-0.05, 0) is 31.0 Å². The lowest BCUT2D eigenvalue weighted by Crippen LogP contribution is -2.40. The average molecular weight is 275 g/mol. The first-order chi connectivity index (χ1) is 9.90. The third-order valence-corrected chi connectivity index (χ3v) is 4.40. The van der Waals surface area contributed by atoms with Crippen LogP contribution in [0.2, 0.25) is 0 Å². The zero-order chi connectivity index (χ0) is 13.6. The van der Waals surface area contributed by atoms with Gasteiger partial charge < -0.3 is 9.64 Å². The minimum atomic E-state index is 0.844. The van der Waals surface area contributed by atoms with Gasteiger partial charge in [0.15, 0.2) is 0 Å². The van der Waals surface area contributed by atoms with Crippen LogP contribution in [-0.2, 0) is 11.2 Å². The van der Waals surface area contributed by atoms with E-state index in [2.05, 4.69) is 26.9 Å². The van der Waals surface area contributed by atoms with Gasteiger partial charge in [0.05, 0.1) is 13.2 Å². The van der Waals surface area contributed by atoms with E-state index in [1.165, 1.54) is 31.7 Å². The number of likely N-dealkylation sites (tertiary alicyclic amines) is 1. The van der Waals surface area contributed by atoms with Gasteiger partial charge in [-0.15, -0.1) is 0 Å². The Bertz CT molecular complexity index is 392. The van der Waals surface area contributed by atoms with Crippen molar-refractivity contribution in [3.63, 3.8) is 0 Å². The zero-order valence-electron chi connectivity index (χ0n) is 12.2. The van der Waals surface area contributed by atoms with Gasteiger partial charge in [0.2, 0.25) is 0 Å². The number of rotatable bonds is 5. The van der Waals surface area contributed by atoms with Crippen LogP contribution in [0.15, 0.2) is 24.4 Å². The minimum absolute atomic E-state index is 0.844. The van der Waals surface area contributed by atoms with Crippen molar-refractivity contribution in [2.75, 3.05) is 52.5 Å². The SMILES string of the molecule is c1ccc(CCN2CCC(CN3CCOCC3)C2)nc1. The number of pyridine rings is 1. The molecule has 0 radical (unpaired) electrons. The molecule has 4 heteroatoms. The van der Waals surface area contributed by atoms with E-state index in [4.69, 9.17) is 4.74 Å². The second-order valence-corrected chi connectivity index (χ2v) is 5.94. The molecule has 1 aromatic heterocycles. The number of nitrogens with zero attached hydrogens (tertiary/aromatic N) is 3. The van der Waals surface area contributed by atoms with Crippen LogP contribution >= 0.6 is 0 Å². The van der Waals surface area contributed by atoms with E-state index in [9.17, 15) is 0 Å². The monoisotopic (exact) mass is 275 g/mol. The van der Waals surface area contributed by atoms with E-state index >= 15 is 0 Å². The summed E-state index contributed by atoms with van der Waals surface area (Å²) in [6, 6.07) is 6.19. The van der Waals surface area contributed by atoms with E-state index in [1.54, 1.807) is 0 Å². The molecule has 0 bridgehead atoms. The Morgan fingerprint density at radius 1 is 1.15 bits per heavy atom. The second kappa shape index (κ2) is 7.16. The second-order valence-electron chi connectivity index (χ2n) is 5.94. The quantitative estimate of drug-likeness (QED) is 0.809. The molecule has 0 spiro atoms. The lowest BCUT2D eigenvalue weighted by molar-refractivity contribution is 0.0312. The lowest BCUT2D eigenvalue weighted by Gasteiger charge is -2.29. The Hall–Kier alpha value is -0.970. The van der Waals surface area contributed by atoms with Gasteiger partial charge in [0.1, 0.15) is 0 Å². The standard InChI is InChI=1S/C16H25N3O/c1-2-6-17-16(3-1)5-8-18-7-4-15(13-18)14-19-9-11-20-12-10-19/h1-3,6,15H,4-5,7-14H2. The Morgan fingerprint density at radius 3 is 2.85 bits per heavy atom. The summed E-state index contributed by atoms with van der Waals surface area (Å²) in [5.41, 5.74) is 1.21. The first-order valence-corrected chi connectivity index (χ1v) is 7.82. The third kappa shape index (κ3) is 4.01. The molecule has 20 heavy (non-hydrogen) atoms. The molecule has 0 aromatic carbocycles. The summed E-state index contributed by atoms with van der Waals surface area (Å²) in [7, 11) is 0. The van der Waals surface area contributed by atoms with Crippen LogP contribution < -0.4 is 0 Å². The summed E-state index contributed by atoms with van der Waals surface area (Å²) >= 11 is 0. The van der Waals surface area contributed by atoms with Gasteiger partial charge in [-0.1, -0.05) is 6.07 Å². The highest BCUT2D eigenvalue weighted by Gasteiger charge is 2.24. The normalized spacial score (nSPS) is 25.1. The highest BCUT2D eigenvalue weighted by molar-refractivity contribution is 5.03. The molecular weight excluding hydrogens is 250 g/mol. The van der Waals surface area contributed by atoms with Crippen LogP contribution in [0, 0.1) is 5.92 Å². The Morgan fingerprint density at radius 2 is 2.05 bits per heavy atom. The van der Waals surface area contributed by atoms with Gasteiger partial charge in [-0.2, -0.15) is 0 Å². The van der Waals surface area contributed by atoms with Gasteiger partial charge in [-0.25, -0.2) is 0 Å². The summed E-state index contributed by atoms with van der Waals surface area (Å²) < 4.78 is 5.41. The molecule has 1 unspecified atom stereocenters. The van der Waals surface area contributed by atoms with Crippen LogP contribution in [0.5, 0.6) is 0 Å². The van der Waals surface area contributed by atoms with Gasteiger partial charge in [0, 0.05) is 51.0 Å². The van der Waals surface area contributed by atoms with Crippen LogP contribution in [0.4, 0.5) is 0 Å². The summed E-state index contributed by atoms with van der Waals surface area (Å²) in [5.74, 6) is 0.844. The zero-order valence-corrected chi connectivity index (χ0v) is 12.2. The predicted molar refractivity (Wildman–Crippen MR) is 79.7 cm³/mol. The molecular formula is C16H25N3O. The van der Waals surface area contributed by atoms with Crippen molar-refractivity contribution >= 4 is 0 Å². The molecule has 1 atom stereocenters. The Balaban J connectivity index is 1.38. The van der Waals surface area contributed by atoms with Crippen LogP contribution in [0.1, 0.15) is 12.1 Å². The fraction of sp³-hybridized carbons (Fsp3) is 0.688. The largest absolute Gasteiger partial charge is 0.379 e. The summed E-state index contributed by atoms with van der Waals surface area (Å²) in [6.07, 6.45) is 4.31. The fourth-order valence-electron chi connectivity index (χ4n) is 3.23. The van der Waals surface area contributed by atoms with Crippen LogP contribution in [0.3, 0.4) is 0 Å². The maximum absolute atomic E-state index is 5.41. The molecule has 110 valence electrons. The molecule has 3 heterocycles. The van der Waals surface area contributed by atoms with Crippen molar-refractivity contribution < 1.29 is 4.74 Å². The molecule has 0 saturated carbocycles. The number of ether oxygens (including phenoxy) is 1. The maximum atomic E-state index is 5.41. The number of hydrogen-bond donors (Lipinski definition) is 0. The van der Waals surface area contributed by atoms with E-state index in [-0.39, 0.29) is 0 Å². The Kier molecular flexibility index (Phi) is 5.01. The lowest BCUT2D eigenvalue weighted by atomic mass is 10.1. The molecule has 3 rings (SSSR count). The van der Waals surface area contributed by atoms with Crippen molar-refractivity contribution in [2.24, 2.45) is 5.92 Å². The molecule has 1 aromatic rings. The van der Waals surface area contributed by atoms with E-state index in [0.29, 0.717) is 0 Å². The maximum Gasteiger partial charge on any atom is 0.0594 e. The highest BCUT2D eigenvalue weighted by atomic mass is 16.5. The van der Waals surface area contributed by atoms with E-state index in [0.717, 1.165) is 45.2 Å². The molecule has 0 amide bonds. The first-order valence-electron chi connectivity index (χ1n) is 7.82. The molecule has 0 N–H and O–H groups in total. The van der Waals surface area contributed by atoms with Crippen LogP contribution in [0.25, 0.3) is 0 Å². The number of aromatic nitrogens is 1. The molecule has 0 aliphatic carbocycles. The fourth-order valence-corrected chi connectivity index (χ4v) is 3.23. The first kappa shape index (κ1) is 14.0. The smallest absolute Gasteiger partial charge is 0.0594 e. The predicted octanol–water partition coefficient (Wildman–Crippen LogP) is 1.28. The van der Waals surface area contributed by atoms with Crippen LogP contribution in [-0.4, -0.2) is 67.3 Å². The third-order valence-electron chi connectivity index (χ3n) is 4.40. The molecule has 2 aliphatic rings. The van der Waals surface area contributed by atoms with Crippen molar-refractivity contribution in [2.45, 2.75) is 12.8 Å². The molecule has 2 saturated heterocycles. The Labute approximate surface area is 121 Å².